The van der Waals surface area contributed by atoms with Crippen LogP contribution in [0.15, 0.2) is 29.0 Å². The third-order valence-corrected chi connectivity index (χ3v) is 7.76. The van der Waals surface area contributed by atoms with Gasteiger partial charge in [0.1, 0.15) is 22.8 Å². The number of phenols is 1. The number of benzene rings is 1. The van der Waals surface area contributed by atoms with E-state index in [2.05, 4.69) is 0 Å². The molecule has 0 unspecified atom stereocenters. The number of hydrogen-bond acceptors (Lipinski definition) is 9. The van der Waals surface area contributed by atoms with Gasteiger partial charge in [-0.15, -0.1) is 0 Å². The van der Waals surface area contributed by atoms with Gasteiger partial charge in [0.05, 0.1) is 23.6 Å². The van der Waals surface area contributed by atoms with Crippen molar-refractivity contribution in [2.24, 2.45) is 17.6 Å². The van der Waals surface area contributed by atoms with E-state index in [4.69, 9.17) is 5.73 Å². The van der Waals surface area contributed by atoms with E-state index in [0.29, 0.717) is 5.56 Å². The van der Waals surface area contributed by atoms with Crippen LogP contribution in [0.3, 0.4) is 0 Å². The first-order chi connectivity index (χ1) is 16.2. The number of aromatic hydroxyl groups is 1. The molecule has 1 amide bonds. The van der Waals surface area contributed by atoms with Crippen LogP contribution in [0, 0.1) is 11.8 Å². The largest absolute Gasteiger partial charge is 0.508 e. The van der Waals surface area contributed by atoms with Gasteiger partial charge in [-0.05, 0) is 43.1 Å². The van der Waals surface area contributed by atoms with Gasteiger partial charge in [-0.2, -0.15) is 0 Å². The van der Waals surface area contributed by atoms with E-state index in [1.807, 2.05) is 13.8 Å². The normalized spacial score (nSPS) is 32.7. The topological polar surface area (TPSA) is 182 Å². The summed E-state index contributed by atoms with van der Waals surface area (Å²) >= 11 is 0. The molecule has 0 aliphatic heterocycles. The van der Waals surface area contributed by atoms with Gasteiger partial charge in [0.15, 0.2) is 11.4 Å². The molecule has 1 fully saturated rings. The van der Waals surface area contributed by atoms with Crippen LogP contribution < -0.4 is 5.73 Å². The van der Waals surface area contributed by atoms with Crippen molar-refractivity contribution >= 4 is 23.2 Å². The Bertz CT molecular complexity index is 1230. The van der Waals surface area contributed by atoms with Gasteiger partial charge in [-0.3, -0.25) is 19.3 Å². The molecule has 6 atom stereocenters. The number of nitrogens with zero attached hydrogens (tertiary/aromatic N) is 1. The molecule has 0 aromatic heterocycles. The van der Waals surface area contributed by atoms with Crippen molar-refractivity contribution in [1.82, 2.24) is 4.90 Å². The van der Waals surface area contributed by atoms with Crippen molar-refractivity contribution in [3.8, 4) is 5.75 Å². The molecule has 0 radical (unpaired) electrons. The van der Waals surface area contributed by atoms with Crippen LogP contribution in [0.2, 0.25) is 0 Å². The van der Waals surface area contributed by atoms with E-state index in [-0.39, 0.29) is 17.2 Å². The van der Waals surface area contributed by atoms with Gasteiger partial charge in [0.2, 0.25) is 5.78 Å². The number of carbonyl (C=O) groups excluding carboxylic acids is 3. The van der Waals surface area contributed by atoms with Gasteiger partial charge >= 0.3 is 0 Å². The van der Waals surface area contributed by atoms with E-state index in [1.165, 1.54) is 25.1 Å². The lowest BCUT2D eigenvalue weighted by Gasteiger charge is -2.54. The number of amides is 1. The van der Waals surface area contributed by atoms with Crippen molar-refractivity contribution in [2.45, 2.75) is 50.4 Å². The Morgan fingerprint density at radius 2 is 1.74 bits per heavy atom. The second-order valence-corrected chi connectivity index (χ2v) is 10.2. The minimum Gasteiger partial charge on any atom is -0.508 e. The molecule has 1 aromatic rings. The summed E-state index contributed by atoms with van der Waals surface area (Å²) in [6.45, 7) is 5.57. The summed E-state index contributed by atoms with van der Waals surface area (Å²) in [5.41, 5.74) is 2.41. The number of fused-ring (bicyclic) bond motifs is 3. The molecular weight excluding hydrogens is 456 g/mol. The molecule has 35 heavy (non-hydrogen) atoms. The van der Waals surface area contributed by atoms with Gasteiger partial charge in [-0.25, -0.2) is 0 Å². The Hall–Kier alpha value is -3.21. The molecule has 0 saturated heterocycles. The number of likely N-dealkylation sites (N-methyl/N-ethyl adjacent to an activating group) is 1. The predicted octanol–water partition coefficient (Wildman–Crippen LogP) is 0.619. The zero-order chi connectivity index (χ0) is 26.3. The van der Waals surface area contributed by atoms with Crippen molar-refractivity contribution in [1.29, 1.82) is 0 Å². The quantitative estimate of drug-likeness (QED) is 0.334. The Morgan fingerprint density at radius 3 is 2.26 bits per heavy atom. The second kappa shape index (κ2) is 7.91. The first kappa shape index (κ1) is 24.9. The van der Waals surface area contributed by atoms with E-state index >= 15 is 0 Å². The maximum Gasteiger partial charge on any atom is 0.255 e. The molecule has 0 spiro atoms. The first-order valence-corrected chi connectivity index (χ1v) is 11.4. The van der Waals surface area contributed by atoms with Crippen LogP contribution in [0.5, 0.6) is 5.75 Å². The fraction of sp³-hybridized carbons (Fsp3) is 0.480. The second-order valence-electron chi connectivity index (χ2n) is 10.2. The zero-order valence-corrected chi connectivity index (χ0v) is 20.1. The fourth-order valence-corrected chi connectivity index (χ4v) is 6.23. The van der Waals surface area contributed by atoms with Crippen LogP contribution in [-0.2, 0) is 14.4 Å². The number of carbonyl (C=O) groups is 3. The van der Waals surface area contributed by atoms with Crippen LogP contribution >= 0.6 is 0 Å². The highest BCUT2D eigenvalue weighted by atomic mass is 16.4. The molecule has 1 saturated carbocycles. The third kappa shape index (κ3) is 3.03. The van der Waals surface area contributed by atoms with Gasteiger partial charge < -0.3 is 31.3 Å². The van der Waals surface area contributed by atoms with Crippen LogP contribution in [0.4, 0.5) is 0 Å². The Balaban J connectivity index is 2.09. The molecule has 10 heteroatoms. The van der Waals surface area contributed by atoms with Gasteiger partial charge in [-0.1, -0.05) is 26.8 Å². The molecule has 10 nitrogen and oxygen atoms in total. The van der Waals surface area contributed by atoms with Gasteiger partial charge in [0, 0.05) is 11.5 Å². The number of aliphatic hydroxyl groups excluding tert-OH is 3. The Morgan fingerprint density at radius 1 is 1.14 bits per heavy atom. The van der Waals surface area contributed by atoms with E-state index < -0.39 is 75.6 Å². The summed E-state index contributed by atoms with van der Waals surface area (Å²) in [4.78, 5) is 40.4. The number of ketones is 2. The molecule has 0 heterocycles. The maximum atomic E-state index is 13.9. The lowest BCUT2D eigenvalue weighted by Crippen LogP contribution is -2.70. The van der Waals surface area contributed by atoms with Crippen molar-refractivity contribution in [3.63, 3.8) is 0 Å². The summed E-state index contributed by atoms with van der Waals surface area (Å²) in [7, 11) is 2.94. The number of Topliss-reactive ketones (excluding diaryl/α,β-unsaturated/α-hetero) is 2. The minimum atomic E-state index is -2.91. The SMILES string of the molecule is CC(C)c1ccc(O)c2c1[C@@H](C)[C@H]1C(=C2O)C(=O)[C@@]2(O)C(O)=C(C(N)=O)C(=O)[C@H](N(C)C)[C@H]2[C@@H]1O. The van der Waals surface area contributed by atoms with Crippen LogP contribution in [0.25, 0.3) is 5.76 Å². The predicted molar refractivity (Wildman–Crippen MR) is 124 cm³/mol. The Labute approximate surface area is 202 Å². The van der Waals surface area contributed by atoms with Crippen molar-refractivity contribution in [3.05, 3.63) is 45.7 Å². The average molecular weight is 487 g/mol. The summed E-state index contributed by atoms with van der Waals surface area (Å²) in [5, 5.41) is 56.0. The van der Waals surface area contributed by atoms with Gasteiger partial charge in [0.25, 0.3) is 5.91 Å². The van der Waals surface area contributed by atoms with Crippen molar-refractivity contribution in [2.75, 3.05) is 14.1 Å². The summed E-state index contributed by atoms with van der Waals surface area (Å²) in [6.07, 6.45) is -1.60. The highest BCUT2D eigenvalue weighted by Gasteiger charge is 2.68. The molecule has 4 rings (SSSR count). The lowest BCUT2D eigenvalue weighted by molar-refractivity contribution is -0.169. The third-order valence-electron chi connectivity index (χ3n) is 7.76. The number of phenolic OH excluding ortho intramolecular Hbond substituents is 1. The van der Waals surface area contributed by atoms with Crippen molar-refractivity contribution < 1.29 is 39.9 Å². The average Bonchev–Trinajstić information content (AvgIpc) is 2.75. The number of primary amides is 1. The minimum absolute atomic E-state index is 0.00666. The number of aliphatic hydroxyl groups is 4. The molecule has 188 valence electrons. The number of rotatable bonds is 3. The van der Waals surface area contributed by atoms with Crippen LogP contribution in [0.1, 0.15) is 49.3 Å². The molecule has 1 aromatic carbocycles. The zero-order valence-electron chi connectivity index (χ0n) is 20.1. The highest BCUT2D eigenvalue weighted by molar-refractivity contribution is 6.24. The molecule has 7 N–H and O–H groups in total. The number of nitrogens with two attached hydrogens (primary N) is 1. The summed E-state index contributed by atoms with van der Waals surface area (Å²) in [5.74, 6) is -8.89. The highest BCUT2D eigenvalue weighted by Crippen LogP contribution is 2.57. The number of hydrogen-bond donors (Lipinski definition) is 6. The standard InChI is InChI=1S/C25H30N2O8/c1-8(2)10-6-7-11(28)14-12(10)9(3)13-15(19(14)29)22(32)25(35)17(20(13)30)18(27(4)5)21(31)16(23(25)33)24(26)34/h6-9,13,17-18,20,28-30,33,35H,1-5H3,(H2,26,34)/t9-,13+,17+,18-,20-,25-/m1/s1. The molecular formula is C25H30N2O8. The van der Waals surface area contributed by atoms with E-state index in [9.17, 15) is 39.9 Å². The fourth-order valence-electron chi connectivity index (χ4n) is 6.23. The molecule has 0 bridgehead atoms. The van der Waals surface area contributed by atoms with Crippen LogP contribution in [-0.4, -0.2) is 79.7 Å². The molecule has 3 aliphatic carbocycles. The Kier molecular flexibility index (Phi) is 5.62. The summed E-state index contributed by atoms with van der Waals surface area (Å²) in [6, 6.07) is 1.73. The smallest absolute Gasteiger partial charge is 0.255 e. The van der Waals surface area contributed by atoms with E-state index in [1.54, 1.807) is 13.0 Å². The monoisotopic (exact) mass is 486 g/mol. The molecule has 3 aliphatic rings. The first-order valence-electron chi connectivity index (χ1n) is 11.4. The lowest BCUT2D eigenvalue weighted by atomic mass is 9.54. The maximum absolute atomic E-state index is 13.9. The summed E-state index contributed by atoms with van der Waals surface area (Å²) < 4.78 is 0. The van der Waals surface area contributed by atoms with E-state index in [0.717, 1.165) is 5.56 Å².